The van der Waals surface area contributed by atoms with E-state index in [0.717, 1.165) is 5.52 Å². The third-order valence-corrected chi connectivity index (χ3v) is 4.75. The molecule has 0 atom stereocenters. The van der Waals surface area contributed by atoms with Crippen molar-refractivity contribution in [1.29, 1.82) is 0 Å². The largest absolute Gasteiger partial charge is 0.465 e. The summed E-state index contributed by atoms with van der Waals surface area (Å²) in [7, 11) is 0. The average molecular weight is 361 g/mol. The molecule has 2 aromatic heterocycles. The molecule has 0 aliphatic heterocycles. The summed E-state index contributed by atoms with van der Waals surface area (Å²) in [6.45, 7) is 0. The molecule has 1 amide bonds. The SMILES string of the molecule is O=C(O)Nc1cn2cccc2c(-c2ccc(C3(C(F)(F)F)CC3)cc2)n1. The number of alkyl halides is 3. The lowest BCUT2D eigenvalue weighted by Crippen LogP contribution is -2.28. The number of anilines is 1. The first kappa shape index (κ1) is 16.4. The molecule has 1 fully saturated rings. The van der Waals surface area contributed by atoms with Crippen molar-refractivity contribution in [3.05, 3.63) is 54.4 Å². The van der Waals surface area contributed by atoms with Gasteiger partial charge in [0.15, 0.2) is 5.82 Å². The van der Waals surface area contributed by atoms with Gasteiger partial charge in [-0.25, -0.2) is 9.78 Å². The summed E-state index contributed by atoms with van der Waals surface area (Å²) >= 11 is 0. The van der Waals surface area contributed by atoms with Crippen molar-refractivity contribution in [2.45, 2.75) is 24.4 Å². The maximum atomic E-state index is 13.3. The first-order valence-corrected chi connectivity index (χ1v) is 7.95. The number of carboxylic acid groups (broad SMARTS) is 1. The van der Waals surface area contributed by atoms with Gasteiger partial charge in [-0.1, -0.05) is 24.3 Å². The molecular weight excluding hydrogens is 347 g/mol. The Morgan fingerprint density at radius 1 is 1.19 bits per heavy atom. The van der Waals surface area contributed by atoms with Gasteiger partial charge in [0.25, 0.3) is 0 Å². The Morgan fingerprint density at radius 3 is 2.46 bits per heavy atom. The molecule has 3 aromatic rings. The van der Waals surface area contributed by atoms with Gasteiger partial charge < -0.3 is 9.51 Å². The number of hydrogen-bond donors (Lipinski definition) is 2. The fraction of sp³-hybridized carbons (Fsp3) is 0.222. The van der Waals surface area contributed by atoms with Crippen LogP contribution in [-0.4, -0.2) is 26.8 Å². The second kappa shape index (κ2) is 5.48. The maximum Gasteiger partial charge on any atom is 0.410 e. The van der Waals surface area contributed by atoms with Crippen molar-refractivity contribution in [1.82, 2.24) is 9.38 Å². The number of hydrogen-bond acceptors (Lipinski definition) is 2. The first-order chi connectivity index (χ1) is 12.3. The van der Waals surface area contributed by atoms with Gasteiger partial charge >= 0.3 is 12.3 Å². The minimum absolute atomic E-state index is 0.106. The Labute approximate surface area is 146 Å². The van der Waals surface area contributed by atoms with Crippen LogP contribution in [0, 0.1) is 0 Å². The quantitative estimate of drug-likeness (QED) is 0.711. The molecule has 0 unspecified atom stereocenters. The van der Waals surface area contributed by atoms with Crippen LogP contribution in [-0.2, 0) is 5.41 Å². The molecule has 134 valence electrons. The average Bonchev–Trinajstić information content (AvgIpc) is 3.27. The number of halogens is 3. The topological polar surface area (TPSA) is 66.6 Å². The molecule has 0 saturated heterocycles. The van der Waals surface area contributed by atoms with Crippen molar-refractivity contribution in [3.63, 3.8) is 0 Å². The zero-order valence-electron chi connectivity index (χ0n) is 13.4. The zero-order valence-corrected chi connectivity index (χ0v) is 13.4. The second-order valence-corrected chi connectivity index (χ2v) is 6.36. The Balaban J connectivity index is 1.76. The highest BCUT2D eigenvalue weighted by Gasteiger charge is 2.64. The van der Waals surface area contributed by atoms with E-state index in [1.165, 1.54) is 18.3 Å². The molecule has 2 N–H and O–H groups in total. The fourth-order valence-electron chi connectivity index (χ4n) is 3.24. The molecule has 1 aromatic carbocycles. The van der Waals surface area contributed by atoms with Crippen LogP contribution in [0.3, 0.4) is 0 Å². The fourth-order valence-corrected chi connectivity index (χ4v) is 3.24. The lowest BCUT2D eigenvalue weighted by Gasteiger charge is -2.19. The predicted octanol–water partition coefficient (Wildman–Crippen LogP) is 4.69. The van der Waals surface area contributed by atoms with Crippen molar-refractivity contribution >= 4 is 17.4 Å². The normalized spacial score (nSPS) is 15.8. The number of amides is 1. The number of rotatable bonds is 3. The molecule has 0 spiro atoms. The molecule has 8 heteroatoms. The predicted molar refractivity (Wildman–Crippen MR) is 89.2 cm³/mol. The van der Waals surface area contributed by atoms with Crippen LogP contribution in [0.4, 0.5) is 23.8 Å². The van der Waals surface area contributed by atoms with Crippen LogP contribution in [0.1, 0.15) is 18.4 Å². The highest BCUT2D eigenvalue weighted by Crippen LogP contribution is 2.58. The summed E-state index contributed by atoms with van der Waals surface area (Å²) in [5, 5.41) is 11.1. The summed E-state index contributed by atoms with van der Waals surface area (Å²) in [5.74, 6) is 0.134. The van der Waals surface area contributed by atoms with Crippen LogP contribution in [0.5, 0.6) is 0 Å². The lowest BCUT2D eigenvalue weighted by molar-refractivity contribution is -0.160. The number of nitrogens with one attached hydrogen (secondary N) is 1. The monoisotopic (exact) mass is 361 g/mol. The van der Waals surface area contributed by atoms with Gasteiger partial charge in [-0.15, -0.1) is 0 Å². The molecule has 0 radical (unpaired) electrons. The number of benzene rings is 1. The van der Waals surface area contributed by atoms with Crippen LogP contribution in [0.15, 0.2) is 48.8 Å². The van der Waals surface area contributed by atoms with Gasteiger partial charge in [0.2, 0.25) is 0 Å². The summed E-state index contributed by atoms with van der Waals surface area (Å²) < 4.78 is 41.5. The molecule has 0 bridgehead atoms. The van der Waals surface area contributed by atoms with Gasteiger partial charge in [0, 0.05) is 11.8 Å². The maximum absolute atomic E-state index is 13.3. The molecule has 4 rings (SSSR count). The smallest absolute Gasteiger partial charge is 0.410 e. The Bertz CT molecular complexity index is 989. The third kappa shape index (κ3) is 2.58. The number of fused-ring (bicyclic) bond motifs is 1. The van der Waals surface area contributed by atoms with Crippen molar-refractivity contribution < 1.29 is 23.1 Å². The van der Waals surface area contributed by atoms with Crippen molar-refractivity contribution in [2.24, 2.45) is 0 Å². The van der Waals surface area contributed by atoms with Crippen LogP contribution in [0.25, 0.3) is 16.8 Å². The number of carbonyl (C=O) groups is 1. The molecule has 1 aliphatic carbocycles. The second-order valence-electron chi connectivity index (χ2n) is 6.36. The van der Waals surface area contributed by atoms with Gasteiger partial charge in [0.05, 0.1) is 22.8 Å². The third-order valence-electron chi connectivity index (χ3n) is 4.75. The standard InChI is InChI=1S/C18H14F3N3O2/c19-18(20,21)17(7-8-17)12-5-3-11(4-6-12)15-13-2-1-9-24(13)10-14(22-15)23-16(25)26/h1-6,9-10,23H,7-8H2,(H,25,26). The van der Waals surface area contributed by atoms with E-state index in [0.29, 0.717) is 11.3 Å². The van der Waals surface area contributed by atoms with Crippen molar-refractivity contribution in [3.8, 4) is 11.3 Å². The van der Waals surface area contributed by atoms with Crippen molar-refractivity contribution in [2.75, 3.05) is 5.32 Å². The Kier molecular flexibility index (Phi) is 3.47. The van der Waals surface area contributed by atoms with Gasteiger partial charge in [-0.2, -0.15) is 13.2 Å². The van der Waals surface area contributed by atoms with E-state index in [1.54, 1.807) is 34.9 Å². The minimum atomic E-state index is -4.26. The Morgan fingerprint density at radius 2 is 1.88 bits per heavy atom. The molecule has 26 heavy (non-hydrogen) atoms. The summed E-state index contributed by atoms with van der Waals surface area (Å²) in [6, 6.07) is 9.74. The van der Waals surface area contributed by atoms with E-state index in [2.05, 4.69) is 10.3 Å². The molecule has 1 aliphatic rings. The highest BCUT2D eigenvalue weighted by atomic mass is 19.4. The van der Waals surface area contributed by atoms with E-state index < -0.39 is 17.7 Å². The van der Waals surface area contributed by atoms with Crippen LogP contribution in [0.2, 0.25) is 0 Å². The molecule has 2 heterocycles. The molecule has 5 nitrogen and oxygen atoms in total. The minimum Gasteiger partial charge on any atom is -0.465 e. The molecular formula is C18H14F3N3O2. The summed E-state index contributed by atoms with van der Waals surface area (Å²) in [5.41, 5.74) is 0.357. The zero-order chi connectivity index (χ0) is 18.5. The van der Waals surface area contributed by atoms with E-state index in [1.807, 2.05) is 0 Å². The molecule has 1 saturated carbocycles. The summed E-state index contributed by atoms with van der Waals surface area (Å²) in [6.07, 6.45) is -2.02. The van der Waals surface area contributed by atoms with Gasteiger partial charge in [0.1, 0.15) is 0 Å². The number of aromatic nitrogens is 2. The van der Waals surface area contributed by atoms with E-state index >= 15 is 0 Å². The highest BCUT2D eigenvalue weighted by molar-refractivity contribution is 5.84. The summed E-state index contributed by atoms with van der Waals surface area (Å²) in [4.78, 5) is 15.2. The van der Waals surface area contributed by atoms with E-state index in [4.69, 9.17) is 5.11 Å². The van der Waals surface area contributed by atoms with E-state index in [-0.39, 0.29) is 24.2 Å². The van der Waals surface area contributed by atoms with E-state index in [9.17, 15) is 18.0 Å². The lowest BCUT2D eigenvalue weighted by atomic mass is 9.94. The Hall–Kier alpha value is -3.03. The van der Waals surface area contributed by atoms with Crippen LogP contribution < -0.4 is 5.32 Å². The number of nitrogens with zero attached hydrogens (tertiary/aromatic N) is 2. The van der Waals surface area contributed by atoms with Crippen LogP contribution >= 0.6 is 0 Å². The van der Waals surface area contributed by atoms with Gasteiger partial charge in [-0.05, 0) is 30.5 Å². The first-order valence-electron chi connectivity index (χ1n) is 7.95. The van der Waals surface area contributed by atoms with Gasteiger partial charge in [-0.3, -0.25) is 5.32 Å².